The van der Waals surface area contributed by atoms with Crippen LogP contribution >= 0.6 is 11.9 Å². The smallest absolute Gasteiger partial charge is 0.261 e. The lowest BCUT2D eigenvalue weighted by atomic mass is 10.1. The SMILES string of the molecule is FC(F)(F)C1(C(F)(F)F)CNS1. The summed E-state index contributed by atoms with van der Waals surface area (Å²) in [6, 6.07) is 0. The average Bonchev–Trinajstić information content (AvgIpc) is 1.47. The third-order valence-electron chi connectivity index (χ3n) is 1.48. The molecule has 1 aliphatic heterocycles. The van der Waals surface area contributed by atoms with Crippen molar-refractivity contribution in [2.45, 2.75) is 17.1 Å². The standard InChI is InChI=1S/C4H3F6NS/c5-3(6,7)2(1-11-12-2)4(8,9)10/h11H,1H2. The summed E-state index contributed by atoms with van der Waals surface area (Å²) in [7, 11) is 0. The Balaban J connectivity index is 2.92. The summed E-state index contributed by atoms with van der Waals surface area (Å²) in [5, 5.41) is 0. The van der Waals surface area contributed by atoms with Crippen LogP contribution in [-0.2, 0) is 0 Å². The Kier molecular flexibility index (Phi) is 2.03. The van der Waals surface area contributed by atoms with E-state index in [0.717, 1.165) is 0 Å². The highest BCUT2D eigenvalue weighted by Gasteiger charge is 2.75. The highest BCUT2D eigenvalue weighted by Crippen LogP contribution is 2.54. The number of alkyl halides is 6. The van der Waals surface area contributed by atoms with Gasteiger partial charge in [-0.15, -0.1) is 0 Å². The molecule has 1 rings (SSSR count). The second-order valence-corrected chi connectivity index (χ2v) is 3.44. The molecule has 0 bridgehead atoms. The first-order valence-electron chi connectivity index (χ1n) is 2.75. The molecular formula is C4H3F6NS. The van der Waals surface area contributed by atoms with Crippen molar-refractivity contribution < 1.29 is 26.3 Å². The van der Waals surface area contributed by atoms with E-state index in [2.05, 4.69) is 0 Å². The largest absolute Gasteiger partial charge is 0.414 e. The van der Waals surface area contributed by atoms with Gasteiger partial charge in [-0.2, -0.15) is 26.3 Å². The van der Waals surface area contributed by atoms with Gasteiger partial charge in [0.05, 0.1) is 0 Å². The van der Waals surface area contributed by atoms with E-state index in [1.54, 1.807) is 0 Å². The minimum absolute atomic E-state index is 0.333. The molecule has 1 fully saturated rings. The molecule has 12 heavy (non-hydrogen) atoms. The molecule has 1 N–H and O–H groups in total. The van der Waals surface area contributed by atoms with Crippen LogP contribution in [0.25, 0.3) is 0 Å². The van der Waals surface area contributed by atoms with Crippen molar-refractivity contribution in [2.75, 3.05) is 6.54 Å². The first-order valence-corrected chi connectivity index (χ1v) is 3.57. The van der Waals surface area contributed by atoms with Gasteiger partial charge in [0.1, 0.15) is 0 Å². The van der Waals surface area contributed by atoms with Crippen molar-refractivity contribution in [1.29, 1.82) is 0 Å². The summed E-state index contributed by atoms with van der Waals surface area (Å²) in [5.74, 6) is 0. The van der Waals surface area contributed by atoms with E-state index in [1.165, 1.54) is 0 Å². The molecular weight excluding hydrogens is 208 g/mol. The fraction of sp³-hybridized carbons (Fsp3) is 1.00. The number of hydrogen-bond acceptors (Lipinski definition) is 2. The molecule has 0 aromatic carbocycles. The van der Waals surface area contributed by atoms with Crippen LogP contribution in [0, 0.1) is 0 Å². The molecule has 0 spiro atoms. The molecule has 1 nitrogen and oxygen atoms in total. The van der Waals surface area contributed by atoms with Crippen LogP contribution < -0.4 is 4.72 Å². The van der Waals surface area contributed by atoms with Gasteiger partial charge in [-0.05, 0) is 0 Å². The van der Waals surface area contributed by atoms with Gasteiger partial charge in [0.25, 0.3) is 0 Å². The zero-order valence-electron chi connectivity index (χ0n) is 5.38. The first-order chi connectivity index (χ1) is 5.21. The van der Waals surface area contributed by atoms with Crippen LogP contribution in [0.2, 0.25) is 0 Å². The van der Waals surface area contributed by atoms with Crippen LogP contribution in [-0.4, -0.2) is 23.6 Å². The van der Waals surface area contributed by atoms with Crippen molar-refractivity contribution >= 4 is 11.9 Å². The second-order valence-electron chi connectivity index (χ2n) is 2.25. The van der Waals surface area contributed by atoms with Gasteiger partial charge >= 0.3 is 12.4 Å². The van der Waals surface area contributed by atoms with E-state index in [9.17, 15) is 26.3 Å². The highest BCUT2D eigenvalue weighted by molar-refractivity contribution is 8.00. The Hall–Kier alpha value is -0.110. The van der Waals surface area contributed by atoms with Gasteiger partial charge in [-0.3, -0.25) is 4.72 Å². The van der Waals surface area contributed by atoms with Crippen LogP contribution in [0.3, 0.4) is 0 Å². The third kappa shape index (κ3) is 1.17. The molecule has 0 aromatic heterocycles. The minimum atomic E-state index is -5.25. The summed E-state index contributed by atoms with van der Waals surface area (Å²) < 4.78 is 69.5. The normalized spacial score (nSPS) is 23.5. The van der Waals surface area contributed by atoms with Gasteiger partial charge in [-0.1, -0.05) is 11.9 Å². The Morgan fingerprint density at radius 2 is 1.33 bits per heavy atom. The number of rotatable bonds is 0. The summed E-state index contributed by atoms with van der Waals surface area (Å²) >= 11 is -0.333. The Morgan fingerprint density at radius 1 is 1.00 bits per heavy atom. The molecule has 0 amide bonds. The molecule has 8 heteroatoms. The molecule has 1 heterocycles. The van der Waals surface area contributed by atoms with E-state index < -0.39 is 23.6 Å². The Morgan fingerprint density at radius 3 is 1.33 bits per heavy atom. The zero-order chi connectivity index (χ0) is 9.62. The minimum Gasteiger partial charge on any atom is -0.261 e. The summed E-state index contributed by atoms with van der Waals surface area (Å²) in [5.41, 5.74) is 0. The molecule has 72 valence electrons. The van der Waals surface area contributed by atoms with Gasteiger partial charge in [0.2, 0.25) is 4.75 Å². The zero-order valence-corrected chi connectivity index (χ0v) is 6.20. The molecule has 0 saturated carbocycles. The van der Waals surface area contributed by atoms with E-state index in [0.29, 0.717) is 0 Å². The molecule has 1 saturated heterocycles. The quantitative estimate of drug-likeness (QED) is 0.486. The maximum atomic E-state index is 11.9. The summed E-state index contributed by atoms with van der Waals surface area (Å²) in [4.78, 5) is 0. The topological polar surface area (TPSA) is 12.0 Å². The van der Waals surface area contributed by atoms with Crippen molar-refractivity contribution in [2.24, 2.45) is 0 Å². The molecule has 0 aliphatic carbocycles. The van der Waals surface area contributed by atoms with E-state index >= 15 is 0 Å². The van der Waals surface area contributed by atoms with Gasteiger partial charge in [0, 0.05) is 6.54 Å². The third-order valence-corrected chi connectivity index (χ3v) is 2.73. The number of nitrogens with one attached hydrogen (secondary N) is 1. The van der Waals surface area contributed by atoms with Crippen LogP contribution in [0.5, 0.6) is 0 Å². The van der Waals surface area contributed by atoms with E-state index in [1.807, 2.05) is 4.72 Å². The Labute approximate surface area is 67.6 Å². The predicted molar refractivity (Wildman–Crippen MR) is 30.4 cm³/mol. The second kappa shape index (κ2) is 2.44. The van der Waals surface area contributed by atoms with E-state index in [4.69, 9.17) is 0 Å². The maximum absolute atomic E-state index is 11.9. The van der Waals surface area contributed by atoms with Gasteiger partial charge in [-0.25, -0.2) is 0 Å². The van der Waals surface area contributed by atoms with E-state index in [-0.39, 0.29) is 11.9 Å². The van der Waals surface area contributed by atoms with Gasteiger partial charge in [0.15, 0.2) is 0 Å². The highest BCUT2D eigenvalue weighted by atomic mass is 32.2. The Bertz CT molecular complexity index is 163. The fourth-order valence-electron chi connectivity index (χ4n) is 0.693. The molecule has 0 atom stereocenters. The first kappa shape index (κ1) is 9.97. The van der Waals surface area contributed by atoms with Crippen LogP contribution in [0.15, 0.2) is 0 Å². The summed E-state index contributed by atoms with van der Waals surface area (Å²) in [6.07, 6.45) is -10.5. The lowest BCUT2D eigenvalue weighted by molar-refractivity contribution is -0.266. The van der Waals surface area contributed by atoms with Crippen LogP contribution in [0.1, 0.15) is 0 Å². The lowest BCUT2D eigenvalue weighted by Crippen LogP contribution is -2.66. The number of halogens is 6. The fourth-order valence-corrected chi connectivity index (χ4v) is 1.36. The van der Waals surface area contributed by atoms with Crippen molar-refractivity contribution in [3.05, 3.63) is 0 Å². The molecule has 0 unspecified atom stereocenters. The molecule has 1 aliphatic rings. The average molecular weight is 211 g/mol. The lowest BCUT2D eigenvalue weighted by Gasteiger charge is -2.43. The number of hydrogen-bond donors (Lipinski definition) is 1. The molecule has 0 aromatic rings. The maximum Gasteiger partial charge on any atom is 0.414 e. The van der Waals surface area contributed by atoms with Gasteiger partial charge < -0.3 is 0 Å². The molecule has 0 radical (unpaired) electrons. The predicted octanol–water partition coefficient (Wildman–Crippen LogP) is 2.10. The van der Waals surface area contributed by atoms with Crippen molar-refractivity contribution in [1.82, 2.24) is 4.72 Å². The van der Waals surface area contributed by atoms with Crippen molar-refractivity contribution in [3.8, 4) is 0 Å². The summed E-state index contributed by atoms with van der Waals surface area (Å²) in [6.45, 7) is -1.11. The monoisotopic (exact) mass is 211 g/mol. The van der Waals surface area contributed by atoms with Crippen molar-refractivity contribution in [3.63, 3.8) is 0 Å². The van der Waals surface area contributed by atoms with Crippen LogP contribution in [0.4, 0.5) is 26.3 Å².